The maximum absolute atomic E-state index is 3.79. The lowest BCUT2D eigenvalue weighted by molar-refractivity contribution is 0.421. The summed E-state index contributed by atoms with van der Waals surface area (Å²) in [4.78, 5) is 0. The first-order valence-corrected chi connectivity index (χ1v) is 5.65. The minimum atomic E-state index is 0.665. The Morgan fingerprint density at radius 3 is 2.69 bits per heavy atom. The Morgan fingerprint density at radius 1 is 1.46 bits per heavy atom. The molecule has 1 N–H and O–H groups in total. The first-order chi connectivity index (χ1) is 6.36. The Bertz CT molecular complexity index is 136. The van der Waals surface area contributed by atoms with Gasteiger partial charge in [0.1, 0.15) is 0 Å². The third-order valence-corrected chi connectivity index (χ3v) is 3.26. The standard InChI is InChI=1S/C12H23N/c1-3-6-12(13-2)10-9-11-7-4-5-8-11/h3,11-13H,1,4-10H2,2H3. The van der Waals surface area contributed by atoms with Crippen molar-refractivity contribution in [1.82, 2.24) is 5.32 Å². The Balaban J connectivity index is 2.10. The van der Waals surface area contributed by atoms with E-state index in [1.807, 2.05) is 6.08 Å². The molecule has 0 amide bonds. The summed E-state index contributed by atoms with van der Waals surface area (Å²) < 4.78 is 0. The fourth-order valence-corrected chi connectivity index (χ4v) is 2.32. The van der Waals surface area contributed by atoms with E-state index in [1.54, 1.807) is 0 Å². The van der Waals surface area contributed by atoms with Crippen molar-refractivity contribution < 1.29 is 0 Å². The molecule has 1 saturated carbocycles. The topological polar surface area (TPSA) is 12.0 Å². The molecule has 0 aromatic heterocycles. The van der Waals surface area contributed by atoms with E-state index in [4.69, 9.17) is 0 Å². The maximum atomic E-state index is 3.79. The minimum Gasteiger partial charge on any atom is -0.317 e. The van der Waals surface area contributed by atoms with Crippen molar-refractivity contribution in [3.05, 3.63) is 12.7 Å². The fourth-order valence-electron chi connectivity index (χ4n) is 2.32. The van der Waals surface area contributed by atoms with Crippen LogP contribution in [0.5, 0.6) is 0 Å². The van der Waals surface area contributed by atoms with E-state index in [9.17, 15) is 0 Å². The van der Waals surface area contributed by atoms with Crippen LogP contribution in [0, 0.1) is 5.92 Å². The normalized spacial score (nSPS) is 20.4. The number of hydrogen-bond donors (Lipinski definition) is 1. The van der Waals surface area contributed by atoms with Gasteiger partial charge >= 0.3 is 0 Å². The molecule has 0 aromatic carbocycles. The summed E-state index contributed by atoms with van der Waals surface area (Å²) in [5, 5.41) is 3.36. The lowest BCUT2D eigenvalue weighted by atomic mass is 9.97. The molecule has 1 aliphatic carbocycles. The van der Waals surface area contributed by atoms with Gasteiger partial charge in [-0.25, -0.2) is 0 Å². The molecule has 1 aliphatic rings. The molecule has 0 heterocycles. The average Bonchev–Trinajstić information content (AvgIpc) is 2.64. The van der Waals surface area contributed by atoms with Gasteiger partial charge in [-0.05, 0) is 32.2 Å². The monoisotopic (exact) mass is 181 g/mol. The fraction of sp³-hybridized carbons (Fsp3) is 0.833. The van der Waals surface area contributed by atoms with Crippen molar-refractivity contribution in [3.8, 4) is 0 Å². The van der Waals surface area contributed by atoms with Gasteiger partial charge in [-0.1, -0.05) is 31.8 Å². The molecule has 0 radical (unpaired) electrons. The van der Waals surface area contributed by atoms with Gasteiger partial charge in [0.05, 0.1) is 0 Å². The summed E-state index contributed by atoms with van der Waals surface area (Å²) in [7, 11) is 2.06. The smallest absolute Gasteiger partial charge is 0.00985 e. The van der Waals surface area contributed by atoms with Crippen LogP contribution in [0.4, 0.5) is 0 Å². The van der Waals surface area contributed by atoms with Gasteiger partial charge in [0.15, 0.2) is 0 Å². The van der Waals surface area contributed by atoms with Gasteiger partial charge in [0.25, 0.3) is 0 Å². The van der Waals surface area contributed by atoms with E-state index >= 15 is 0 Å². The Labute approximate surface area is 82.6 Å². The van der Waals surface area contributed by atoms with Crippen molar-refractivity contribution in [2.24, 2.45) is 5.92 Å². The van der Waals surface area contributed by atoms with Gasteiger partial charge in [0, 0.05) is 6.04 Å². The third kappa shape index (κ3) is 3.95. The zero-order valence-corrected chi connectivity index (χ0v) is 8.89. The van der Waals surface area contributed by atoms with Crippen LogP contribution < -0.4 is 5.32 Å². The van der Waals surface area contributed by atoms with Gasteiger partial charge in [-0.2, -0.15) is 0 Å². The predicted octanol–water partition coefficient (Wildman–Crippen LogP) is 3.12. The van der Waals surface area contributed by atoms with Crippen LogP contribution in [-0.4, -0.2) is 13.1 Å². The van der Waals surface area contributed by atoms with Crippen molar-refractivity contribution in [1.29, 1.82) is 0 Å². The van der Waals surface area contributed by atoms with E-state index in [0.717, 1.165) is 12.3 Å². The highest BCUT2D eigenvalue weighted by atomic mass is 14.9. The molecule has 0 saturated heterocycles. The van der Waals surface area contributed by atoms with Crippen molar-refractivity contribution >= 4 is 0 Å². The maximum Gasteiger partial charge on any atom is 0.00985 e. The van der Waals surface area contributed by atoms with E-state index in [2.05, 4.69) is 18.9 Å². The van der Waals surface area contributed by atoms with Crippen LogP contribution in [0.3, 0.4) is 0 Å². The zero-order valence-electron chi connectivity index (χ0n) is 8.89. The molecule has 1 unspecified atom stereocenters. The largest absolute Gasteiger partial charge is 0.317 e. The first-order valence-electron chi connectivity index (χ1n) is 5.65. The predicted molar refractivity (Wildman–Crippen MR) is 58.9 cm³/mol. The van der Waals surface area contributed by atoms with E-state index in [-0.39, 0.29) is 0 Å². The van der Waals surface area contributed by atoms with Crippen LogP contribution in [0.2, 0.25) is 0 Å². The average molecular weight is 181 g/mol. The Morgan fingerprint density at radius 2 is 2.15 bits per heavy atom. The SMILES string of the molecule is C=CCC(CCC1CCCC1)NC. The highest BCUT2D eigenvalue weighted by Gasteiger charge is 2.15. The summed E-state index contributed by atoms with van der Waals surface area (Å²) in [6, 6.07) is 0.665. The molecule has 1 nitrogen and oxygen atoms in total. The molecule has 1 heteroatoms. The molecule has 1 fully saturated rings. The summed E-state index contributed by atoms with van der Waals surface area (Å²) in [6.07, 6.45) is 11.8. The van der Waals surface area contributed by atoms with Crippen molar-refractivity contribution in [2.45, 2.75) is 51.0 Å². The molecular formula is C12H23N. The second-order valence-corrected chi connectivity index (χ2v) is 4.24. The van der Waals surface area contributed by atoms with E-state index in [0.29, 0.717) is 6.04 Å². The summed E-state index contributed by atoms with van der Waals surface area (Å²) in [6.45, 7) is 3.79. The van der Waals surface area contributed by atoms with Crippen LogP contribution in [0.15, 0.2) is 12.7 Å². The molecular weight excluding hydrogens is 158 g/mol. The van der Waals surface area contributed by atoms with Crippen LogP contribution in [0.25, 0.3) is 0 Å². The zero-order chi connectivity index (χ0) is 9.52. The Kier molecular flexibility index (Phi) is 5.14. The summed E-state index contributed by atoms with van der Waals surface area (Å²) >= 11 is 0. The molecule has 0 aliphatic heterocycles. The molecule has 76 valence electrons. The highest BCUT2D eigenvalue weighted by molar-refractivity contribution is 4.78. The number of nitrogens with one attached hydrogen (secondary N) is 1. The summed E-state index contributed by atoms with van der Waals surface area (Å²) in [5.41, 5.74) is 0. The van der Waals surface area contributed by atoms with Crippen molar-refractivity contribution in [3.63, 3.8) is 0 Å². The quantitative estimate of drug-likeness (QED) is 0.621. The van der Waals surface area contributed by atoms with Crippen molar-refractivity contribution in [2.75, 3.05) is 7.05 Å². The van der Waals surface area contributed by atoms with Gasteiger partial charge in [0.2, 0.25) is 0 Å². The lowest BCUT2D eigenvalue weighted by Gasteiger charge is -2.16. The lowest BCUT2D eigenvalue weighted by Crippen LogP contribution is -2.24. The Hall–Kier alpha value is -0.300. The molecule has 0 aromatic rings. The first kappa shape index (κ1) is 10.8. The van der Waals surface area contributed by atoms with E-state index < -0.39 is 0 Å². The summed E-state index contributed by atoms with van der Waals surface area (Å²) in [5.74, 6) is 1.03. The minimum absolute atomic E-state index is 0.665. The van der Waals surface area contributed by atoms with Gasteiger partial charge in [-0.15, -0.1) is 6.58 Å². The third-order valence-electron chi connectivity index (χ3n) is 3.26. The van der Waals surface area contributed by atoms with E-state index in [1.165, 1.54) is 38.5 Å². The number of hydrogen-bond acceptors (Lipinski definition) is 1. The molecule has 1 atom stereocenters. The highest BCUT2D eigenvalue weighted by Crippen LogP contribution is 2.29. The molecule has 0 spiro atoms. The van der Waals surface area contributed by atoms with Crippen LogP contribution in [0.1, 0.15) is 44.9 Å². The second kappa shape index (κ2) is 6.20. The molecule has 13 heavy (non-hydrogen) atoms. The molecule has 0 bridgehead atoms. The van der Waals surface area contributed by atoms with Gasteiger partial charge in [-0.3, -0.25) is 0 Å². The number of rotatable bonds is 6. The molecule has 1 rings (SSSR count). The van der Waals surface area contributed by atoms with Gasteiger partial charge < -0.3 is 5.32 Å². The van der Waals surface area contributed by atoms with Crippen LogP contribution in [-0.2, 0) is 0 Å². The second-order valence-electron chi connectivity index (χ2n) is 4.24. The van der Waals surface area contributed by atoms with Crippen LogP contribution >= 0.6 is 0 Å².